The summed E-state index contributed by atoms with van der Waals surface area (Å²) < 4.78 is 26.2. The maximum Gasteiger partial charge on any atom is 0.259 e. The molecule has 0 bridgehead atoms. The number of hydrogen-bond donors (Lipinski definition) is 3. The number of hydrazine groups is 1. The fourth-order valence-corrected chi connectivity index (χ4v) is 1.64. The highest BCUT2D eigenvalue weighted by Gasteiger charge is 2.14. The van der Waals surface area contributed by atoms with E-state index < -0.39 is 17.5 Å². The molecule has 0 saturated heterocycles. The molecule has 1 heterocycles. The minimum atomic E-state index is -0.860. The number of amides is 1. The Morgan fingerprint density at radius 3 is 2.65 bits per heavy atom. The van der Waals surface area contributed by atoms with E-state index in [1.54, 1.807) is 13.0 Å². The van der Waals surface area contributed by atoms with E-state index >= 15 is 0 Å². The topological polar surface area (TPSA) is 80.0 Å². The van der Waals surface area contributed by atoms with Gasteiger partial charge in [0, 0.05) is 18.0 Å². The first-order chi connectivity index (χ1) is 9.51. The van der Waals surface area contributed by atoms with Crippen LogP contribution >= 0.6 is 0 Å². The quantitative estimate of drug-likeness (QED) is 0.594. The summed E-state index contributed by atoms with van der Waals surface area (Å²) >= 11 is 0. The van der Waals surface area contributed by atoms with E-state index in [4.69, 9.17) is 5.84 Å². The molecule has 104 valence electrons. The van der Waals surface area contributed by atoms with Crippen molar-refractivity contribution in [3.05, 3.63) is 53.4 Å². The number of anilines is 2. The Balaban J connectivity index is 2.28. The molecule has 0 aliphatic heterocycles. The molecule has 5 nitrogen and oxygen atoms in total. The zero-order chi connectivity index (χ0) is 14.7. The lowest BCUT2D eigenvalue weighted by Gasteiger charge is -2.10. The molecule has 20 heavy (non-hydrogen) atoms. The van der Waals surface area contributed by atoms with Gasteiger partial charge < -0.3 is 10.7 Å². The lowest BCUT2D eigenvalue weighted by Crippen LogP contribution is -2.18. The summed E-state index contributed by atoms with van der Waals surface area (Å²) in [6.07, 6.45) is 1.32. The second-order valence-corrected chi connectivity index (χ2v) is 4.09. The van der Waals surface area contributed by atoms with Gasteiger partial charge in [-0.05, 0) is 25.1 Å². The molecule has 0 spiro atoms. The van der Waals surface area contributed by atoms with Gasteiger partial charge in [0.2, 0.25) is 0 Å². The smallest absolute Gasteiger partial charge is 0.259 e. The molecule has 1 aromatic heterocycles. The fourth-order valence-electron chi connectivity index (χ4n) is 1.64. The normalized spacial score (nSPS) is 10.2. The molecule has 1 amide bonds. The van der Waals surface area contributed by atoms with Crippen molar-refractivity contribution in [3.8, 4) is 0 Å². The third kappa shape index (κ3) is 2.89. The zero-order valence-electron chi connectivity index (χ0n) is 10.6. The van der Waals surface area contributed by atoms with Gasteiger partial charge >= 0.3 is 0 Å². The van der Waals surface area contributed by atoms with Gasteiger partial charge in [0.25, 0.3) is 5.91 Å². The number of aromatic nitrogens is 1. The molecular weight excluding hydrogens is 266 g/mol. The molecular formula is C13H12F2N4O. The summed E-state index contributed by atoms with van der Waals surface area (Å²) in [5.41, 5.74) is 3.43. The number of nitrogens with two attached hydrogens (primary N) is 1. The molecule has 0 radical (unpaired) electrons. The highest BCUT2D eigenvalue weighted by Crippen LogP contribution is 2.19. The summed E-state index contributed by atoms with van der Waals surface area (Å²) in [4.78, 5) is 16.0. The Bertz CT molecular complexity index is 661. The zero-order valence-corrected chi connectivity index (χ0v) is 10.6. The van der Waals surface area contributed by atoms with Crippen LogP contribution in [0.15, 0.2) is 30.5 Å². The van der Waals surface area contributed by atoms with E-state index in [1.165, 1.54) is 6.20 Å². The van der Waals surface area contributed by atoms with Gasteiger partial charge in [0.15, 0.2) is 0 Å². The van der Waals surface area contributed by atoms with E-state index in [9.17, 15) is 13.6 Å². The van der Waals surface area contributed by atoms with Crippen LogP contribution < -0.4 is 16.6 Å². The number of nitrogens with one attached hydrogen (secondary N) is 2. The van der Waals surface area contributed by atoms with Gasteiger partial charge in [0.1, 0.15) is 11.6 Å². The van der Waals surface area contributed by atoms with E-state index in [2.05, 4.69) is 15.7 Å². The standard InChI is InChI=1S/C13H12F2N4O/c1-7-4-12(19-16)9(6-17-7)13(20)18-11-3-2-8(14)5-10(11)15/h2-6H,16H2,1H3,(H,17,19)(H,18,20). The highest BCUT2D eigenvalue weighted by molar-refractivity contribution is 6.07. The van der Waals surface area contributed by atoms with E-state index in [-0.39, 0.29) is 11.3 Å². The van der Waals surface area contributed by atoms with Crippen LogP contribution in [0.25, 0.3) is 0 Å². The van der Waals surface area contributed by atoms with E-state index in [0.29, 0.717) is 17.4 Å². The van der Waals surface area contributed by atoms with E-state index in [0.717, 1.165) is 12.1 Å². The summed E-state index contributed by atoms with van der Waals surface area (Å²) in [6.45, 7) is 1.74. The predicted octanol–water partition coefficient (Wildman–Crippen LogP) is 2.21. The Morgan fingerprint density at radius 2 is 2.00 bits per heavy atom. The Morgan fingerprint density at radius 1 is 1.25 bits per heavy atom. The molecule has 0 saturated carbocycles. The summed E-state index contributed by atoms with van der Waals surface area (Å²) in [7, 11) is 0. The Kier molecular flexibility index (Phi) is 3.90. The van der Waals surface area contributed by atoms with Crippen molar-refractivity contribution >= 4 is 17.3 Å². The van der Waals surface area contributed by atoms with Crippen LogP contribution in [-0.2, 0) is 0 Å². The van der Waals surface area contributed by atoms with Gasteiger partial charge in [-0.3, -0.25) is 15.6 Å². The van der Waals surface area contributed by atoms with Crippen LogP contribution in [0.1, 0.15) is 16.1 Å². The third-order valence-corrected chi connectivity index (χ3v) is 2.62. The predicted molar refractivity (Wildman–Crippen MR) is 71.1 cm³/mol. The second-order valence-electron chi connectivity index (χ2n) is 4.09. The molecule has 1 aromatic carbocycles. The molecule has 0 unspecified atom stereocenters. The van der Waals surface area contributed by atoms with Crippen molar-refractivity contribution in [2.24, 2.45) is 5.84 Å². The molecule has 2 rings (SSSR count). The molecule has 4 N–H and O–H groups in total. The molecule has 0 aliphatic carbocycles. The van der Waals surface area contributed by atoms with Crippen LogP contribution in [0.3, 0.4) is 0 Å². The van der Waals surface area contributed by atoms with Crippen molar-refractivity contribution in [2.75, 3.05) is 10.7 Å². The number of rotatable bonds is 3. The number of hydrogen-bond acceptors (Lipinski definition) is 4. The largest absolute Gasteiger partial charge is 0.323 e. The Labute approximate surface area is 113 Å². The fraction of sp³-hybridized carbons (Fsp3) is 0.0769. The lowest BCUT2D eigenvalue weighted by atomic mass is 10.2. The van der Waals surface area contributed by atoms with Crippen LogP contribution in [0.2, 0.25) is 0 Å². The van der Waals surface area contributed by atoms with Crippen LogP contribution in [0.4, 0.5) is 20.2 Å². The van der Waals surface area contributed by atoms with Gasteiger partial charge in [-0.25, -0.2) is 8.78 Å². The number of nitrogens with zero attached hydrogens (tertiary/aromatic N) is 1. The first-order valence-corrected chi connectivity index (χ1v) is 5.71. The van der Waals surface area contributed by atoms with Gasteiger partial charge in [-0.1, -0.05) is 0 Å². The SMILES string of the molecule is Cc1cc(NN)c(C(=O)Nc2ccc(F)cc2F)cn1. The van der Waals surface area contributed by atoms with Gasteiger partial charge in [0.05, 0.1) is 16.9 Å². The van der Waals surface area contributed by atoms with Crippen molar-refractivity contribution in [2.45, 2.75) is 6.92 Å². The van der Waals surface area contributed by atoms with Crippen molar-refractivity contribution in [1.82, 2.24) is 4.98 Å². The minimum absolute atomic E-state index is 0.125. The average molecular weight is 278 g/mol. The average Bonchev–Trinajstić information content (AvgIpc) is 2.41. The first kappa shape index (κ1) is 13.9. The number of nitrogen functional groups attached to an aromatic ring is 1. The van der Waals surface area contributed by atoms with Gasteiger partial charge in [-0.15, -0.1) is 0 Å². The highest BCUT2D eigenvalue weighted by atomic mass is 19.1. The van der Waals surface area contributed by atoms with Crippen molar-refractivity contribution < 1.29 is 13.6 Å². The molecule has 2 aromatic rings. The second kappa shape index (κ2) is 5.62. The Hall–Kier alpha value is -2.54. The van der Waals surface area contributed by atoms with Crippen LogP contribution in [0, 0.1) is 18.6 Å². The number of carbonyl (C=O) groups is 1. The van der Waals surface area contributed by atoms with Crippen molar-refractivity contribution in [1.29, 1.82) is 0 Å². The molecule has 0 fully saturated rings. The summed E-state index contributed by atoms with van der Waals surface area (Å²) in [5.74, 6) is 3.14. The number of carbonyl (C=O) groups excluding carboxylic acids is 1. The molecule has 0 aliphatic rings. The maximum atomic E-state index is 13.5. The third-order valence-electron chi connectivity index (χ3n) is 2.62. The number of aryl methyl sites for hydroxylation is 1. The lowest BCUT2D eigenvalue weighted by molar-refractivity contribution is 0.102. The van der Waals surface area contributed by atoms with Crippen LogP contribution in [-0.4, -0.2) is 10.9 Å². The van der Waals surface area contributed by atoms with Crippen LogP contribution in [0.5, 0.6) is 0 Å². The van der Waals surface area contributed by atoms with Gasteiger partial charge in [-0.2, -0.15) is 0 Å². The minimum Gasteiger partial charge on any atom is -0.323 e. The molecule has 7 heteroatoms. The van der Waals surface area contributed by atoms with E-state index in [1.807, 2.05) is 0 Å². The maximum absolute atomic E-state index is 13.5. The monoisotopic (exact) mass is 278 g/mol. The summed E-state index contributed by atoms with van der Waals surface area (Å²) in [6, 6.07) is 4.45. The number of benzene rings is 1. The number of halogens is 2. The number of pyridine rings is 1. The van der Waals surface area contributed by atoms with Crippen molar-refractivity contribution in [3.63, 3.8) is 0 Å². The summed E-state index contributed by atoms with van der Waals surface area (Å²) in [5, 5.41) is 2.33. The first-order valence-electron chi connectivity index (χ1n) is 5.71. The molecule has 0 atom stereocenters.